The minimum Gasteiger partial charge on any atom is -0.460 e. The van der Waals surface area contributed by atoms with E-state index in [2.05, 4.69) is 48.1 Å². The molecule has 0 aromatic carbocycles. The highest BCUT2D eigenvalue weighted by molar-refractivity contribution is 5.68. The van der Waals surface area contributed by atoms with Gasteiger partial charge in [-0.1, -0.05) is 58.9 Å². The van der Waals surface area contributed by atoms with Gasteiger partial charge < -0.3 is 9.47 Å². The van der Waals surface area contributed by atoms with Crippen LogP contribution in [0.4, 0.5) is 0 Å². The van der Waals surface area contributed by atoms with Crippen LogP contribution < -0.4 is 9.13 Å². The van der Waals surface area contributed by atoms with Gasteiger partial charge in [0.15, 0.2) is 24.8 Å². The van der Waals surface area contributed by atoms with Crippen LogP contribution in [0.5, 0.6) is 0 Å². The summed E-state index contributed by atoms with van der Waals surface area (Å²) in [4.78, 5) is 26.3. The molecule has 2 aromatic rings. The Balaban J connectivity index is 1.10. The van der Waals surface area contributed by atoms with Crippen LogP contribution in [-0.4, -0.2) is 24.6 Å². The van der Waals surface area contributed by atoms with Crippen molar-refractivity contribution in [2.45, 2.75) is 125 Å². The normalized spacial score (nSPS) is 40.0. The van der Waals surface area contributed by atoms with E-state index < -0.39 is 0 Å². The molecular formula is C44H62N2O4+2. The fraction of sp³-hybridized carbons (Fsp3) is 0.682. The lowest BCUT2D eigenvalue weighted by molar-refractivity contribution is -0.686. The molecule has 10 atom stereocenters. The number of rotatable bonds is 8. The predicted octanol–water partition coefficient (Wildman–Crippen LogP) is 8.07. The summed E-state index contributed by atoms with van der Waals surface area (Å²) >= 11 is 0. The quantitative estimate of drug-likeness (QED) is 0.161. The van der Waals surface area contributed by atoms with Crippen molar-refractivity contribution in [2.75, 3.05) is 6.61 Å². The van der Waals surface area contributed by atoms with E-state index in [4.69, 9.17) is 9.47 Å². The zero-order chi connectivity index (χ0) is 35.5. The first-order valence-electron chi connectivity index (χ1n) is 19.6. The molecule has 0 saturated heterocycles. The fourth-order valence-electron chi connectivity index (χ4n) is 13.6. The minimum atomic E-state index is -0.133. The van der Waals surface area contributed by atoms with E-state index in [9.17, 15) is 9.59 Å². The maximum atomic E-state index is 13.2. The molecule has 0 amide bonds. The highest BCUT2D eigenvalue weighted by atomic mass is 16.5. The number of aromatic nitrogens is 2. The van der Waals surface area contributed by atoms with E-state index in [0.29, 0.717) is 36.2 Å². The van der Waals surface area contributed by atoms with Crippen LogP contribution in [-0.2, 0) is 32.2 Å². The Kier molecular flexibility index (Phi) is 9.12. The van der Waals surface area contributed by atoms with Crippen molar-refractivity contribution in [3.8, 4) is 0 Å². The van der Waals surface area contributed by atoms with Crippen LogP contribution in [0.2, 0.25) is 0 Å². The summed E-state index contributed by atoms with van der Waals surface area (Å²) in [5.74, 6) is 2.50. The zero-order valence-corrected chi connectivity index (χ0v) is 31.7. The van der Waals surface area contributed by atoms with Crippen LogP contribution in [0.1, 0.15) is 106 Å². The van der Waals surface area contributed by atoms with E-state index >= 15 is 0 Å². The summed E-state index contributed by atoms with van der Waals surface area (Å²) in [5, 5.41) is 0. The molecular weight excluding hydrogens is 620 g/mol. The van der Waals surface area contributed by atoms with Crippen LogP contribution >= 0.6 is 0 Å². The topological polar surface area (TPSA) is 60.4 Å². The lowest BCUT2D eigenvalue weighted by Gasteiger charge is -2.73. The highest BCUT2D eigenvalue weighted by Crippen LogP contribution is 2.77. The number of hydrogen-bond acceptors (Lipinski definition) is 4. The number of carbonyl (C=O) groups is 2. The maximum absolute atomic E-state index is 13.2. The molecule has 0 radical (unpaired) electrons. The second-order valence-electron chi connectivity index (χ2n) is 18.6. The molecule has 0 spiro atoms. The summed E-state index contributed by atoms with van der Waals surface area (Å²) in [6, 6.07) is 11.8. The standard InChI is InChI=1S/C44H62N2O4/c1-31(2)32-16-21-44(30-49-37(47)28-45-24-10-8-11-25-45)23-22-42(6)33(39(32)44)14-15-35-41(5)19-18-36(40(3,4)34(41)17-20-43(35,42)7)50-38(48)29-46-26-12-9-13-27-46/h8-13,24-27,32-36,39H,1,14-23,28-30H2,2-7H3/q+2/t32?,33?,34?,35?,36-,39?,41-,42+,43+,44+/m0/s1. The van der Waals surface area contributed by atoms with E-state index in [1.54, 1.807) is 0 Å². The largest absolute Gasteiger partial charge is 0.460 e. The van der Waals surface area contributed by atoms with E-state index in [-0.39, 0.29) is 58.2 Å². The number of allylic oxidation sites excluding steroid dienone is 1. The smallest absolute Gasteiger partial charge is 0.372 e. The summed E-state index contributed by atoms with van der Waals surface area (Å²) < 4.78 is 16.4. The number of ether oxygens (including phenoxy) is 2. The average molecular weight is 683 g/mol. The summed E-state index contributed by atoms with van der Waals surface area (Å²) in [6.07, 6.45) is 19.3. The fourth-order valence-corrected chi connectivity index (χ4v) is 13.6. The van der Waals surface area contributed by atoms with Crippen molar-refractivity contribution in [2.24, 2.45) is 56.7 Å². The number of pyridine rings is 2. The van der Waals surface area contributed by atoms with Crippen LogP contribution in [0.15, 0.2) is 73.3 Å². The predicted molar refractivity (Wildman–Crippen MR) is 193 cm³/mol. The molecule has 6 nitrogen and oxygen atoms in total. The molecule has 5 aliphatic rings. The van der Waals surface area contributed by atoms with Crippen molar-refractivity contribution < 1.29 is 28.2 Å². The lowest BCUT2D eigenvalue weighted by atomic mass is 9.32. The minimum absolute atomic E-state index is 0.0388. The Morgan fingerprint density at radius 3 is 1.98 bits per heavy atom. The number of nitrogens with zero attached hydrogens (tertiary/aromatic N) is 2. The van der Waals surface area contributed by atoms with Crippen molar-refractivity contribution in [1.82, 2.24) is 0 Å². The average Bonchev–Trinajstić information content (AvgIpc) is 3.47. The van der Waals surface area contributed by atoms with Gasteiger partial charge in [0.1, 0.15) is 6.10 Å². The van der Waals surface area contributed by atoms with Gasteiger partial charge in [-0.15, -0.1) is 0 Å². The Bertz CT molecular complexity index is 1590. The van der Waals surface area contributed by atoms with E-state index in [0.717, 1.165) is 32.1 Å². The molecule has 50 heavy (non-hydrogen) atoms. The third kappa shape index (κ3) is 5.66. The molecule has 0 N–H and O–H groups in total. The summed E-state index contributed by atoms with van der Waals surface area (Å²) in [6.45, 7) is 20.6. The molecule has 5 unspecified atom stereocenters. The molecule has 6 heteroatoms. The van der Waals surface area contributed by atoms with Crippen molar-refractivity contribution in [3.05, 3.63) is 73.3 Å². The molecule has 5 aliphatic carbocycles. The molecule has 2 heterocycles. The Labute approximate surface area is 301 Å². The van der Waals surface area contributed by atoms with Gasteiger partial charge in [-0.2, -0.15) is 9.13 Å². The highest BCUT2D eigenvalue weighted by Gasteiger charge is 2.71. The second kappa shape index (κ2) is 12.9. The number of fused-ring (bicyclic) bond motifs is 7. The zero-order valence-electron chi connectivity index (χ0n) is 31.7. The van der Waals surface area contributed by atoms with Gasteiger partial charge in [0.25, 0.3) is 0 Å². The lowest BCUT2D eigenvalue weighted by Crippen LogP contribution is -2.67. The monoisotopic (exact) mass is 682 g/mol. The van der Waals surface area contributed by atoms with Crippen LogP contribution in [0.3, 0.4) is 0 Å². The number of hydrogen-bond donors (Lipinski definition) is 0. The SMILES string of the molecule is C=C(C)C1CC[C@]2(COC(=O)C[n+]3ccccc3)CC[C@]3(C)C(CCC4[C@@]5(C)CC[C@H](OC(=O)C[n+]6ccccc6)C(C)(C)C5CC[C@]43C)C12. The van der Waals surface area contributed by atoms with Gasteiger partial charge in [-0.05, 0) is 117 Å². The molecule has 7 rings (SSSR count). The molecule has 0 bridgehead atoms. The molecule has 5 fully saturated rings. The number of esters is 2. The van der Waals surface area contributed by atoms with Gasteiger partial charge in [0, 0.05) is 35.1 Å². The second-order valence-corrected chi connectivity index (χ2v) is 18.6. The summed E-state index contributed by atoms with van der Waals surface area (Å²) in [5.41, 5.74) is 1.94. The van der Waals surface area contributed by atoms with Gasteiger partial charge in [0.2, 0.25) is 13.1 Å². The van der Waals surface area contributed by atoms with Gasteiger partial charge >= 0.3 is 11.9 Å². The first kappa shape index (κ1) is 35.4. The third-order valence-electron chi connectivity index (χ3n) is 16.2. The molecule has 5 saturated carbocycles. The van der Waals surface area contributed by atoms with Crippen LogP contribution in [0, 0.1) is 56.7 Å². The third-order valence-corrected chi connectivity index (χ3v) is 16.2. The Hall–Kier alpha value is -3.02. The Morgan fingerprint density at radius 2 is 1.34 bits per heavy atom. The number of carbonyl (C=O) groups excluding carboxylic acids is 2. The molecule has 0 aliphatic heterocycles. The van der Waals surface area contributed by atoms with Gasteiger partial charge in [-0.25, -0.2) is 9.59 Å². The first-order valence-corrected chi connectivity index (χ1v) is 19.6. The maximum Gasteiger partial charge on any atom is 0.372 e. The van der Waals surface area contributed by atoms with Crippen LogP contribution in [0.25, 0.3) is 0 Å². The van der Waals surface area contributed by atoms with Crippen molar-refractivity contribution in [3.63, 3.8) is 0 Å². The first-order chi connectivity index (χ1) is 23.7. The van der Waals surface area contributed by atoms with Crippen molar-refractivity contribution >= 4 is 11.9 Å². The summed E-state index contributed by atoms with van der Waals surface area (Å²) in [7, 11) is 0. The van der Waals surface area contributed by atoms with E-state index in [1.807, 2.05) is 70.3 Å². The molecule has 2 aromatic heterocycles. The van der Waals surface area contributed by atoms with E-state index in [1.165, 1.54) is 37.7 Å². The van der Waals surface area contributed by atoms with Crippen molar-refractivity contribution in [1.29, 1.82) is 0 Å². The molecule has 270 valence electrons. The Morgan fingerprint density at radius 1 is 0.700 bits per heavy atom. The van der Waals surface area contributed by atoms with Gasteiger partial charge in [0.05, 0.1) is 6.61 Å². The van der Waals surface area contributed by atoms with Gasteiger partial charge in [-0.3, -0.25) is 0 Å².